The van der Waals surface area contributed by atoms with Crippen molar-refractivity contribution >= 4 is 23.9 Å². The van der Waals surface area contributed by atoms with E-state index in [1.807, 2.05) is 0 Å². The van der Waals surface area contributed by atoms with Gasteiger partial charge in [0.1, 0.15) is 19.1 Å². The first-order chi connectivity index (χ1) is 10.9. The first-order valence-electron chi connectivity index (χ1n) is 6.63. The molecule has 0 aliphatic carbocycles. The Hall–Kier alpha value is -2.78. The number of carbonyl (C=O) groups is 4. The lowest BCUT2D eigenvalue weighted by Crippen LogP contribution is -2.49. The molecule has 0 aromatic heterocycles. The lowest BCUT2D eigenvalue weighted by Gasteiger charge is -2.21. The van der Waals surface area contributed by atoms with Crippen molar-refractivity contribution in [3.8, 4) is 0 Å². The Bertz CT molecular complexity index is 483. The lowest BCUT2D eigenvalue weighted by molar-refractivity contribution is -0.214. The highest BCUT2D eigenvalue weighted by molar-refractivity contribution is 6.02. The Morgan fingerprint density at radius 2 is 1.48 bits per heavy atom. The second-order valence-corrected chi connectivity index (χ2v) is 4.08. The van der Waals surface area contributed by atoms with Crippen LogP contribution in [0.2, 0.25) is 0 Å². The van der Waals surface area contributed by atoms with Gasteiger partial charge in [-0.3, -0.25) is 9.59 Å². The van der Waals surface area contributed by atoms with Crippen LogP contribution < -0.4 is 0 Å². The predicted octanol–water partition coefficient (Wildman–Crippen LogP) is -0.429. The van der Waals surface area contributed by atoms with Gasteiger partial charge in [-0.05, 0) is 13.8 Å². The van der Waals surface area contributed by atoms with Gasteiger partial charge in [0.15, 0.2) is 5.92 Å². The number of carbonyl (C=O) groups excluding carboxylic acids is 3. The molecule has 0 spiro atoms. The van der Waals surface area contributed by atoms with Crippen molar-refractivity contribution in [3.05, 3.63) is 12.5 Å². The van der Waals surface area contributed by atoms with E-state index in [4.69, 9.17) is 5.11 Å². The van der Waals surface area contributed by atoms with E-state index >= 15 is 0 Å². The molecule has 0 radical (unpaired) electrons. The van der Waals surface area contributed by atoms with Crippen LogP contribution in [0.3, 0.4) is 0 Å². The number of ether oxygens (including phenoxy) is 5. The third-order valence-electron chi connectivity index (χ3n) is 2.60. The Morgan fingerprint density at radius 1 is 1.00 bits per heavy atom. The Kier molecular flexibility index (Phi) is 6.36. The average molecular weight is 332 g/mol. The largest absolute Gasteiger partial charge is 0.475 e. The van der Waals surface area contributed by atoms with Gasteiger partial charge in [-0.15, -0.1) is 0 Å². The van der Waals surface area contributed by atoms with Crippen LogP contribution in [-0.2, 0) is 42.9 Å². The molecule has 0 bridgehead atoms. The van der Waals surface area contributed by atoms with Crippen LogP contribution in [0.4, 0.5) is 0 Å². The molecule has 0 amide bonds. The number of rotatable bonds is 8. The van der Waals surface area contributed by atoms with E-state index in [1.54, 1.807) is 0 Å². The van der Waals surface area contributed by atoms with Crippen LogP contribution in [0.25, 0.3) is 0 Å². The van der Waals surface area contributed by atoms with Crippen LogP contribution in [-0.4, -0.2) is 54.6 Å². The van der Waals surface area contributed by atoms with Crippen LogP contribution in [0.15, 0.2) is 12.5 Å². The van der Waals surface area contributed by atoms with Crippen molar-refractivity contribution in [1.82, 2.24) is 0 Å². The van der Waals surface area contributed by atoms with E-state index < -0.39 is 42.2 Å². The van der Waals surface area contributed by atoms with Crippen molar-refractivity contribution in [2.45, 2.75) is 19.6 Å². The van der Waals surface area contributed by atoms with E-state index in [0.29, 0.717) is 0 Å². The summed E-state index contributed by atoms with van der Waals surface area (Å²) >= 11 is 0. The molecule has 1 N–H and O–H groups in total. The summed E-state index contributed by atoms with van der Waals surface area (Å²) in [6.07, 6.45) is 1.70. The molecular formula is C13H16O10. The third kappa shape index (κ3) is 4.11. The normalized spacial score (nSPS) is 14.6. The summed E-state index contributed by atoms with van der Waals surface area (Å²) in [5.41, 5.74) is 0. The van der Waals surface area contributed by atoms with E-state index in [0.717, 1.165) is 12.5 Å². The Morgan fingerprint density at radius 3 is 1.87 bits per heavy atom. The fraction of sp³-hybridized carbons (Fsp3) is 0.538. The molecule has 10 nitrogen and oxygen atoms in total. The smallest absolute Gasteiger partial charge is 0.452 e. The number of hydrogen-bond acceptors (Lipinski definition) is 9. The van der Waals surface area contributed by atoms with Crippen molar-refractivity contribution in [1.29, 1.82) is 0 Å². The maximum atomic E-state index is 11.9. The van der Waals surface area contributed by atoms with E-state index in [2.05, 4.69) is 23.7 Å². The van der Waals surface area contributed by atoms with Crippen LogP contribution >= 0.6 is 0 Å². The molecule has 1 aliphatic heterocycles. The molecular weight excluding hydrogens is 316 g/mol. The van der Waals surface area contributed by atoms with Gasteiger partial charge < -0.3 is 28.8 Å². The second kappa shape index (κ2) is 8.01. The maximum Gasteiger partial charge on any atom is 0.452 e. The van der Waals surface area contributed by atoms with E-state index in [1.165, 1.54) is 13.8 Å². The van der Waals surface area contributed by atoms with Crippen LogP contribution in [0.5, 0.6) is 0 Å². The zero-order valence-corrected chi connectivity index (χ0v) is 12.5. The molecule has 0 fully saturated rings. The molecule has 1 aliphatic rings. The van der Waals surface area contributed by atoms with Crippen LogP contribution in [0, 0.1) is 5.92 Å². The highest BCUT2D eigenvalue weighted by Crippen LogP contribution is 2.23. The van der Waals surface area contributed by atoms with Gasteiger partial charge in [-0.2, -0.15) is 0 Å². The van der Waals surface area contributed by atoms with Crippen molar-refractivity contribution in [3.63, 3.8) is 0 Å². The summed E-state index contributed by atoms with van der Waals surface area (Å²) in [6, 6.07) is 0. The molecule has 23 heavy (non-hydrogen) atoms. The summed E-state index contributed by atoms with van der Waals surface area (Å²) < 4.78 is 23.2. The monoisotopic (exact) mass is 332 g/mol. The van der Waals surface area contributed by atoms with Crippen molar-refractivity contribution < 1.29 is 48.0 Å². The quantitative estimate of drug-likeness (QED) is 0.354. The lowest BCUT2D eigenvalue weighted by atomic mass is 10.1. The standard InChI is InChI=1S/C13H16O10/c1-3-19-9(14)8(10(15)20-4-2)7-21-12(18)13(11(16)17)22-5-6-23-13/h5-6,8H,3-4,7H2,1-2H3,(H,16,17). The fourth-order valence-electron chi connectivity index (χ4n) is 1.53. The molecule has 0 atom stereocenters. The van der Waals surface area contributed by atoms with Gasteiger partial charge in [-0.25, -0.2) is 9.59 Å². The highest BCUT2D eigenvalue weighted by atomic mass is 16.8. The van der Waals surface area contributed by atoms with Gasteiger partial charge in [-0.1, -0.05) is 0 Å². The highest BCUT2D eigenvalue weighted by Gasteiger charge is 2.55. The molecule has 0 saturated heterocycles. The number of carboxylic acid groups (broad SMARTS) is 1. The minimum absolute atomic E-state index is 0.00209. The van der Waals surface area contributed by atoms with Gasteiger partial charge in [0, 0.05) is 0 Å². The minimum atomic E-state index is -2.70. The first-order valence-corrected chi connectivity index (χ1v) is 6.63. The summed E-state index contributed by atoms with van der Waals surface area (Å²) in [5, 5.41) is 9.01. The third-order valence-corrected chi connectivity index (χ3v) is 2.60. The summed E-state index contributed by atoms with van der Waals surface area (Å²) in [5.74, 6) is -9.36. The number of carboxylic acids is 1. The van der Waals surface area contributed by atoms with E-state index in [-0.39, 0.29) is 13.2 Å². The molecule has 0 aromatic carbocycles. The Labute approximate surface area is 130 Å². The second-order valence-electron chi connectivity index (χ2n) is 4.08. The molecule has 1 rings (SSSR count). The Balaban J connectivity index is 2.76. The van der Waals surface area contributed by atoms with Gasteiger partial charge in [0.25, 0.3) is 0 Å². The van der Waals surface area contributed by atoms with E-state index in [9.17, 15) is 19.2 Å². The molecule has 128 valence electrons. The molecule has 0 saturated carbocycles. The predicted molar refractivity (Wildman–Crippen MR) is 69.4 cm³/mol. The average Bonchev–Trinajstić information content (AvgIpc) is 2.98. The van der Waals surface area contributed by atoms with Crippen molar-refractivity contribution in [2.75, 3.05) is 19.8 Å². The molecule has 0 aromatic rings. The summed E-state index contributed by atoms with van der Waals surface area (Å²) in [6.45, 7) is 2.27. The minimum Gasteiger partial charge on any atom is -0.475 e. The van der Waals surface area contributed by atoms with Crippen molar-refractivity contribution in [2.24, 2.45) is 5.92 Å². The molecule has 0 unspecified atom stereocenters. The fourth-order valence-corrected chi connectivity index (χ4v) is 1.53. The number of esters is 3. The number of hydrogen-bond donors (Lipinski definition) is 1. The number of aliphatic carboxylic acids is 1. The van der Waals surface area contributed by atoms with Gasteiger partial charge >= 0.3 is 29.7 Å². The molecule has 1 heterocycles. The maximum absolute atomic E-state index is 11.9. The van der Waals surface area contributed by atoms with Gasteiger partial charge in [0.05, 0.1) is 13.2 Å². The SMILES string of the molecule is CCOC(=O)C(COC(=O)C1(C(=O)O)OC=CO1)C(=O)OCC. The van der Waals surface area contributed by atoms with Crippen LogP contribution in [0.1, 0.15) is 13.8 Å². The van der Waals surface area contributed by atoms with Gasteiger partial charge in [0.2, 0.25) is 0 Å². The molecule has 10 heteroatoms. The summed E-state index contributed by atoms with van der Waals surface area (Å²) in [4.78, 5) is 46.4. The summed E-state index contributed by atoms with van der Waals surface area (Å²) in [7, 11) is 0. The first kappa shape index (κ1) is 18.3. The topological polar surface area (TPSA) is 135 Å². The zero-order valence-electron chi connectivity index (χ0n) is 12.5. The zero-order chi connectivity index (χ0) is 17.5.